The molecule has 1 aliphatic rings. The molecule has 0 aliphatic heterocycles. The lowest BCUT2D eigenvalue weighted by Crippen LogP contribution is -2.43. The van der Waals surface area contributed by atoms with Crippen LogP contribution in [0.5, 0.6) is 0 Å². The Balaban J connectivity index is 2.59. The topological polar surface area (TPSA) is 12.0 Å². The van der Waals surface area contributed by atoms with E-state index in [1.54, 1.807) is 0 Å². The molecule has 126 valence electrons. The molecule has 1 rings (SSSR count). The molecule has 0 radical (unpaired) electrons. The maximum atomic E-state index is 3.76. The Morgan fingerprint density at radius 1 is 1.00 bits per heavy atom. The number of thioether (sulfide) groups is 1. The number of hydrogen-bond donors (Lipinski definition) is 1. The third kappa shape index (κ3) is 7.41. The fraction of sp³-hybridized carbons (Fsp3) is 1.00. The van der Waals surface area contributed by atoms with E-state index in [1.807, 2.05) is 0 Å². The zero-order chi connectivity index (χ0) is 16.1. The Morgan fingerprint density at radius 2 is 1.67 bits per heavy atom. The van der Waals surface area contributed by atoms with Gasteiger partial charge in [-0.2, -0.15) is 11.8 Å². The van der Waals surface area contributed by atoms with Gasteiger partial charge in [0.2, 0.25) is 0 Å². The van der Waals surface area contributed by atoms with Crippen molar-refractivity contribution in [2.24, 2.45) is 23.2 Å². The van der Waals surface area contributed by atoms with E-state index in [0.29, 0.717) is 5.41 Å². The summed E-state index contributed by atoms with van der Waals surface area (Å²) in [6.07, 6.45) is 5.72. The highest BCUT2D eigenvalue weighted by Crippen LogP contribution is 2.44. The molecule has 1 N–H and O–H groups in total. The molecule has 0 saturated heterocycles. The Kier molecular flexibility index (Phi) is 7.60. The summed E-state index contributed by atoms with van der Waals surface area (Å²) >= 11 is 2.12. The second-order valence-corrected chi connectivity index (χ2v) is 10.4. The van der Waals surface area contributed by atoms with Crippen molar-refractivity contribution in [3.05, 3.63) is 0 Å². The Labute approximate surface area is 138 Å². The molecule has 0 aromatic rings. The first-order valence-corrected chi connectivity index (χ1v) is 10.1. The Hall–Kier alpha value is 0.310. The summed E-state index contributed by atoms with van der Waals surface area (Å²) in [5, 5.41) is 3.76. The van der Waals surface area contributed by atoms with Gasteiger partial charge in [0, 0.05) is 5.54 Å². The van der Waals surface area contributed by atoms with Gasteiger partial charge in [-0.25, -0.2) is 0 Å². The standard InChI is InChI=1S/C19H39NS/c1-8-21-12-11-15-13-17(18(2,3)4)10-9-16(15)14-20-19(5,6)7/h15-17,20H,8-14H2,1-7H3. The summed E-state index contributed by atoms with van der Waals surface area (Å²) in [7, 11) is 0. The van der Waals surface area contributed by atoms with Crippen molar-refractivity contribution in [3.8, 4) is 0 Å². The van der Waals surface area contributed by atoms with Crippen molar-refractivity contribution in [1.82, 2.24) is 5.32 Å². The smallest absolute Gasteiger partial charge is 0.00966 e. The lowest BCUT2D eigenvalue weighted by Gasteiger charge is -2.43. The van der Waals surface area contributed by atoms with E-state index in [1.165, 1.54) is 43.7 Å². The highest BCUT2D eigenvalue weighted by atomic mass is 32.2. The van der Waals surface area contributed by atoms with Crippen molar-refractivity contribution in [3.63, 3.8) is 0 Å². The van der Waals surface area contributed by atoms with Crippen LogP contribution < -0.4 is 5.32 Å². The van der Waals surface area contributed by atoms with Crippen molar-refractivity contribution >= 4 is 11.8 Å². The van der Waals surface area contributed by atoms with E-state index in [4.69, 9.17) is 0 Å². The number of nitrogens with one attached hydrogen (secondary N) is 1. The predicted octanol–water partition coefficient (Wildman–Crippen LogP) is 5.60. The first kappa shape index (κ1) is 19.4. The quantitative estimate of drug-likeness (QED) is 0.641. The largest absolute Gasteiger partial charge is 0.312 e. The molecule has 3 unspecified atom stereocenters. The van der Waals surface area contributed by atoms with Gasteiger partial charge in [-0.05, 0) is 87.7 Å². The maximum absolute atomic E-state index is 3.76. The molecule has 0 aromatic carbocycles. The van der Waals surface area contributed by atoms with Crippen LogP contribution in [0.4, 0.5) is 0 Å². The van der Waals surface area contributed by atoms with Gasteiger partial charge in [0.05, 0.1) is 0 Å². The highest BCUT2D eigenvalue weighted by Gasteiger charge is 2.35. The van der Waals surface area contributed by atoms with Gasteiger partial charge in [0.25, 0.3) is 0 Å². The third-order valence-electron chi connectivity index (χ3n) is 5.10. The van der Waals surface area contributed by atoms with Crippen LogP contribution in [0.2, 0.25) is 0 Å². The van der Waals surface area contributed by atoms with Crippen LogP contribution in [0.3, 0.4) is 0 Å². The lowest BCUT2D eigenvalue weighted by molar-refractivity contribution is 0.0924. The van der Waals surface area contributed by atoms with Crippen LogP contribution >= 0.6 is 11.8 Å². The van der Waals surface area contributed by atoms with Gasteiger partial charge >= 0.3 is 0 Å². The molecule has 1 nitrogen and oxygen atoms in total. The molecule has 1 fully saturated rings. The van der Waals surface area contributed by atoms with E-state index in [2.05, 4.69) is 65.5 Å². The Bertz CT molecular complexity index is 287. The van der Waals surface area contributed by atoms with Gasteiger partial charge in [-0.15, -0.1) is 0 Å². The van der Waals surface area contributed by atoms with Crippen LogP contribution in [-0.4, -0.2) is 23.6 Å². The van der Waals surface area contributed by atoms with Gasteiger partial charge < -0.3 is 5.32 Å². The fourth-order valence-electron chi connectivity index (χ4n) is 3.55. The fourth-order valence-corrected chi connectivity index (χ4v) is 4.31. The van der Waals surface area contributed by atoms with E-state index < -0.39 is 0 Å². The van der Waals surface area contributed by atoms with Crippen LogP contribution in [-0.2, 0) is 0 Å². The zero-order valence-electron chi connectivity index (χ0n) is 15.6. The summed E-state index contributed by atoms with van der Waals surface area (Å²) in [6, 6.07) is 0. The molecule has 0 amide bonds. The third-order valence-corrected chi connectivity index (χ3v) is 6.03. The molecule has 1 saturated carbocycles. The first-order valence-electron chi connectivity index (χ1n) is 8.96. The molecular formula is C19H39NS. The molecule has 2 heteroatoms. The van der Waals surface area contributed by atoms with Crippen LogP contribution in [0, 0.1) is 23.2 Å². The lowest BCUT2D eigenvalue weighted by atomic mass is 9.65. The monoisotopic (exact) mass is 313 g/mol. The summed E-state index contributed by atoms with van der Waals surface area (Å²) < 4.78 is 0. The molecule has 0 bridgehead atoms. The second kappa shape index (κ2) is 8.24. The van der Waals surface area contributed by atoms with Gasteiger partial charge in [-0.3, -0.25) is 0 Å². The minimum atomic E-state index is 0.254. The maximum Gasteiger partial charge on any atom is 0.00966 e. The van der Waals surface area contributed by atoms with Crippen LogP contribution in [0.25, 0.3) is 0 Å². The molecular weight excluding hydrogens is 274 g/mol. The second-order valence-electron chi connectivity index (χ2n) is 9.01. The number of rotatable bonds is 6. The van der Waals surface area contributed by atoms with E-state index in [9.17, 15) is 0 Å². The normalized spacial score (nSPS) is 27.9. The molecule has 0 spiro atoms. The average molecular weight is 314 g/mol. The van der Waals surface area contributed by atoms with Crippen molar-refractivity contribution in [2.45, 2.75) is 79.7 Å². The van der Waals surface area contributed by atoms with Crippen LogP contribution in [0.15, 0.2) is 0 Å². The van der Waals surface area contributed by atoms with Crippen molar-refractivity contribution in [1.29, 1.82) is 0 Å². The highest BCUT2D eigenvalue weighted by molar-refractivity contribution is 7.99. The minimum Gasteiger partial charge on any atom is -0.312 e. The minimum absolute atomic E-state index is 0.254. The zero-order valence-corrected chi connectivity index (χ0v) is 16.4. The average Bonchev–Trinajstić information content (AvgIpc) is 2.35. The summed E-state index contributed by atoms with van der Waals surface area (Å²) in [6.45, 7) is 17.7. The van der Waals surface area contributed by atoms with Gasteiger partial charge in [0.15, 0.2) is 0 Å². The molecule has 3 atom stereocenters. The predicted molar refractivity (Wildman–Crippen MR) is 99.1 cm³/mol. The van der Waals surface area contributed by atoms with Crippen LogP contribution in [0.1, 0.15) is 74.1 Å². The molecule has 21 heavy (non-hydrogen) atoms. The number of hydrogen-bond acceptors (Lipinski definition) is 2. The van der Waals surface area contributed by atoms with Crippen molar-refractivity contribution in [2.75, 3.05) is 18.1 Å². The van der Waals surface area contributed by atoms with E-state index in [-0.39, 0.29) is 5.54 Å². The Morgan fingerprint density at radius 3 is 2.19 bits per heavy atom. The summed E-state index contributed by atoms with van der Waals surface area (Å²) in [5.74, 6) is 5.35. The van der Waals surface area contributed by atoms with E-state index >= 15 is 0 Å². The first-order chi connectivity index (χ1) is 9.63. The molecule has 0 heterocycles. The summed E-state index contributed by atoms with van der Waals surface area (Å²) in [5.41, 5.74) is 0.738. The van der Waals surface area contributed by atoms with Crippen molar-refractivity contribution < 1.29 is 0 Å². The van der Waals surface area contributed by atoms with Gasteiger partial charge in [-0.1, -0.05) is 27.7 Å². The summed E-state index contributed by atoms with van der Waals surface area (Å²) in [4.78, 5) is 0. The van der Waals surface area contributed by atoms with Gasteiger partial charge in [0.1, 0.15) is 0 Å². The SMILES string of the molecule is CCSCCC1CC(C(C)(C)C)CCC1CNC(C)(C)C. The molecule has 1 aliphatic carbocycles. The van der Waals surface area contributed by atoms with E-state index in [0.717, 1.165) is 17.8 Å². The molecule has 0 aromatic heterocycles.